The highest BCUT2D eigenvalue weighted by Crippen LogP contribution is 2.49. The molecule has 10 heteroatoms. The smallest absolute Gasteiger partial charge is 0.282 e. The van der Waals surface area contributed by atoms with Crippen molar-refractivity contribution in [2.24, 2.45) is 5.41 Å². The van der Waals surface area contributed by atoms with Crippen molar-refractivity contribution in [2.75, 3.05) is 0 Å². The van der Waals surface area contributed by atoms with E-state index >= 15 is 0 Å². The van der Waals surface area contributed by atoms with Crippen LogP contribution in [0.1, 0.15) is 13.3 Å². The molecule has 1 aliphatic carbocycles. The maximum Gasteiger partial charge on any atom is 0.416 e. The molecule has 1 unspecified atom stereocenters. The fourth-order valence-corrected chi connectivity index (χ4v) is 2.29. The van der Waals surface area contributed by atoms with E-state index in [2.05, 4.69) is 0 Å². The van der Waals surface area contributed by atoms with Crippen molar-refractivity contribution in [2.45, 2.75) is 25.7 Å². The molecular formula is C9H8F6O3S. The van der Waals surface area contributed by atoms with Crippen molar-refractivity contribution >= 4 is 10.1 Å². The summed E-state index contributed by atoms with van der Waals surface area (Å²) in [5.74, 6) is 0. The van der Waals surface area contributed by atoms with E-state index in [1.54, 1.807) is 0 Å². The molecule has 1 rings (SSSR count). The first kappa shape index (κ1) is 16.0. The number of halogens is 6. The van der Waals surface area contributed by atoms with Crippen LogP contribution in [0.25, 0.3) is 0 Å². The van der Waals surface area contributed by atoms with Gasteiger partial charge in [-0.05, 0) is 13.0 Å². The third-order valence-corrected chi connectivity index (χ3v) is 3.56. The van der Waals surface area contributed by atoms with E-state index in [9.17, 15) is 34.8 Å². The Morgan fingerprint density at radius 2 is 1.68 bits per heavy atom. The van der Waals surface area contributed by atoms with Gasteiger partial charge in [-0.3, -0.25) is 4.55 Å². The maximum absolute atomic E-state index is 12.7. The third-order valence-electron chi connectivity index (χ3n) is 2.64. The Labute approximate surface area is 104 Å². The van der Waals surface area contributed by atoms with Crippen molar-refractivity contribution in [3.8, 4) is 0 Å². The summed E-state index contributed by atoms with van der Waals surface area (Å²) in [5, 5.41) is 0. The topological polar surface area (TPSA) is 54.4 Å². The van der Waals surface area contributed by atoms with Crippen LogP contribution < -0.4 is 0 Å². The van der Waals surface area contributed by atoms with Gasteiger partial charge in [-0.1, -0.05) is 6.08 Å². The van der Waals surface area contributed by atoms with Crippen molar-refractivity contribution in [3.63, 3.8) is 0 Å². The number of hydrogen-bond acceptors (Lipinski definition) is 2. The largest absolute Gasteiger partial charge is 0.416 e. The second-order valence-electron chi connectivity index (χ2n) is 4.28. The molecule has 0 aromatic carbocycles. The van der Waals surface area contributed by atoms with Crippen LogP contribution in [0, 0.1) is 5.41 Å². The normalized spacial score (nSPS) is 25.9. The average molecular weight is 310 g/mol. The summed E-state index contributed by atoms with van der Waals surface area (Å²) in [6.07, 6.45) is -11.6. The molecule has 0 aromatic rings. The fraction of sp³-hybridized carbons (Fsp3) is 0.556. The van der Waals surface area contributed by atoms with Crippen molar-refractivity contribution < 1.29 is 39.3 Å². The Bertz CT molecular complexity index is 539. The Balaban J connectivity index is 3.47. The summed E-state index contributed by atoms with van der Waals surface area (Å²) >= 11 is 0. The lowest BCUT2D eigenvalue weighted by Gasteiger charge is -2.33. The minimum Gasteiger partial charge on any atom is -0.282 e. The summed E-state index contributed by atoms with van der Waals surface area (Å²) in [6.45, 7) is 0.428. The zero-order valence-corrected chi connectivity index (χ0v) is 10.1. The van der Waals surface area contributed by atoms with Crippen molar-refractivity contribution in [1.82, 2.24) is 0 Å². The molecule has 1 atom stereocenters. The zero-order chi connectivity index (χ0) is 15.3. The van der Waals surface area contributed by atoms with E-state index in [0.29, 0.717) is 6.92 Å². The Morgan fingerprint density at radius 3 is 2.00 bits per heavy atom. The average Bonchev–Trinajstić information content (AvgIpc) is 2.12. The van der Waals surface area contributed by atoms with Crippen LogP contribution in [-0.4, -0.2) is 25.3 Å². The summed E-state index contributed by atoms with van der Waals surface area (Å²) in [7, 11) is -5.13. The highest BCUT2D eigenvalue weighted by atomic mass is 32.2. The van der Waals surface area contributed by atoms with E-state index in [-0.39, 0.29) is 12.2 Å². The van der Waals surface area contributed by atoms with Crippen LogP contribution in [-0.2, 0) is 10.1 Å². The van der Waals surface area contributed by atoms with Crippen LogP contribution in [0.5, 0.6) is 0 Å². The molecular weight excluding hydrogens is 302 g/mol. The molecule has 0 aromatic heterocycles. The lowest BCUT2D eigenvalue weighted by molar-refractivity contribution is -0.200. The van der Waals surface area contributed by atoms with E-state index < -0.39 is 44.8 Å². The lowest BCUT2D eigenvalue weighted by Crippen LogP contribution is -2.37. The Morgan fingerprint density at radius 1 is 1.21 bits per heavy atom. The van der Waals surface area contributed by atoms with Crippen LogP contribution >= 0.6 is 0 Å². The molecule has 0 fully saturated rings. The summed E-state index contributed by atoms with van der Waals surface area (Å²) in [6, 6.07) is 0. The van der Waals surface area contributed by atoms with Gasteiger partial charge in [-0.15, -0.1) is 0 Å². The molecule has 0 bridgehead atoms. The SMILES string of the molecule is CC1(C(F)(F)F)C=C(C(F)(F)F)C=C(S(=O)(=O)O)C1. The predicted octanol–water partition coefficient (Wildman–Crippen LogP) is 3.22. The molecule has 0 saturated carbocycles. The van der Waals surface area contributed by atoms with Gasteiger partial charge in [0.15, 0.2) is 0 Å². The van der Waals surface area contributed by atoms with Gasteiger partial charge < -0.3 is 0 Å². The number of alkyl halides is 6. The van der Waals surface area contributed by atoms with E-state index in [1.165, 1.54) is 0 Å². The highest BCUT2D eigenvalue weighted by molar-refractivity contribution is 7.89. The molecule has 0 saturated heterocycles. The molecule has 3 nitrogen and oxygen atoms in total. The summed E-state index contributed by atoms with van der Waals surface area (Å²) in [5.41, 5.74) is -4.77. The molecule has 0 spiro atoms. The van der Waals surface area contributed by atoms with Gasteiger partial charge in [0.25, 0.3) is 10.1 Å². The summed E-state index contributed by atoms with van der Waals surface area (Å²) in [4.78, 5) is -1.32. The van der Waals surface area contributed by atoms with Crippen LogP contribution in [0.15, 0.2) is 22.6 Å². The van der Waals surface area contributed by atoms with Crippen LogP contribution in [0.2, 0.25) is 0 Å². The summed E-state index contributed by atoms with van der Waals surface area (Å²) < 4.78 is 106. The quantitative estimate of drug-likeness (QED) is 0.597. The Hall–Kier alpha value is -1.03. The van der Waals surface area contributed by atoms with Crippen LogP contribution in [0.3, 0.4) is 0 Å². The van der Waals surface area contributed by atoms with Gasteiger partial charge in [-0.25, -0.2) is 0 Å². The molecule has 0 radical (unpaired) electrons. The number of hydrogen-bond donors (Lipinski definition) is 1. The first-order chi connectivity index (χ1) is 8.17. The number of rotatable bonds is 1. The fourth-order valence-electron chi connectivity index (χ4n) is 1.53. The van der Waals surface area contributed by atoms with Gasteiger partial charge in [0, 0.05) is 6.42 Å². The molecule has 1 N–H and O–H groups in total. The molecule has 1 aliphatic rings. The lowest BCUT2D eigenvalue weighted by atomic mass is 9.80. The van der Waals surface area contributed by atoms with Gasteiger partial charge in [0.05, 0.1) is 15.9 Å². The van der Waals surface area contributed by atoms with Gasteiger partial charge in [-0.2, -0.15) is 34.8 Å². The molecule has 0 amide bonds. The van der Waals surface area contributed by atoms with Crippen LogP contribution in [0.4, 0.5) is 26.3 Å². The predicted molar refractivity (Wildman–Crippen MR) is 52.5 cm³/mol. The minimum absolute atomic E-state index is 0.00280. The van der Waals surface area contributed by atoms with Gasteiger partial charge in [0.2, 0.25) is 0 Å². The minimum atomic E-state index is -5.15. The highest BCUT2D eigenvalue weighted by Gasteiger charge is 2.54. The molecule has 110 valence electrons. The maximum atomic E-state index is 12.7. The zero-order valence-electron chi connectivity index (χ0n) is 9.30. The first-order valence-electron chi connectivity index (χ1n) is 4.72. The second-order valence-corrected chi connectivity index (χ2v) is 5.75. The first-order valence-corrected chi connectivity index (χ1v) is 6.16. The monoisotopic (exact) mass is 310 g/mol. The molecule has 19 heavy (non-hydrogen) atoms. The number of allylic oxidation sites excluding steroid dienone is 4. The third kappa shape index (κ3) is 3.30. The van der Waals surface area contributed by atoms with Crippen molar-refractivity contribution in [1.29, 1.82) is 0 Å². The molecule has 0 aliphatic heterocycles. The van der Waals surface area contributed by atoms with E-state index in [0.717, 1.165) is 0 Å². The molecule has 0 heterocycles. The van der Waals surface area contributed by atoms with E-state index in [4.69, 9.17) is 4.55 Å². The standard InChI is InChI=1S/C9H8F6O3S/c1-7(9(13,14)15)3-5(8(10,11)12)2-6(4-7)19(16,17)18/h2-3H,4H2,1H3,(H,16,17,18). The second kappa shape index (κ2) is 4.23. The van der Waals surface area contributed by atoms with Crippen molar-refractivity contribution in [3.05, 3.63) is 22.6 Å². The van der Waals surface area contributed by atoms with Gasteiger partial charge in [0.1, 0.15) is 0 Å². The Kier molecular flexibility index (Phi) is 3.57. The van der Waals surface area contributed by atoms with E-state index in [1.807, 2.05) is 0 Å². The van der Waals surface area contributed by atoms with Gasteiger partial charge >= 0.3 is 12.4 Å².